The molecule has 2 nitrogen and oxygen atoms in total. The molecule has 2 heterocycles. The molecule has 0 amide bonds. The Morgan fingerprint density at radius 3 is 1.89 bits per heavy atom. The topological polar surface area (TPSA) is 6.48 Å². The van der Waals surface area contributed by atoms with Gasteiger partial charge in [0.15, 0.2) is 0 Å². The Bertz CT molecular complexity index is 360. The van der Waals surface area contributed by atoms with E-state index in [1.165, 1.54) is 70.3 Å². The van der Waals surface area contributed by atoms with Gasteiger partial charge in [-0.25, -0.2) is 10.0 Å². The van der Waals surface area contributed by atoms with Crippen LogP contribution in [0.15, 0.2) is 30.3 Å². The van der Waals surface area contributed by atoms with Crippen LogP contribution in [0, 0.1) is 0 Å². The van der Waals surface area contributed by atoms with Gasteiger partial charge in [-0.3, -0.25) is 0 Å². The van der Waals surface area contributed by atoms with Crippen LogP contribution in [0.1, 0.15) is 50.0 Å². The van der Waals surface area contributed by atoms with Crippen molar-refractivity contribution in [2.75, 3.05) is 26.2 Å². The molecule has 2 aliphatic rings. The summed E-state index contributed by atoms with van der Waals surface area (Å²) in [6, 6.07) is 11.1. The molecule has 2 aliphatic heterocycles. The summed E-state index contributed by atoms with van der Waals surface area (Å²) in [6.45, 7) is 5.07. The molecule has 0 aliphatic carbocycles. The Morgan fingerprint density at radius 2 is 1.26 bits per heavy atom. The minimum Gasteiger partial charge on any atom is -0.242 e. The van der Waals surface area contributed by atoms with E-state index in [0.717, 1.165) is 5.92 Å². The highest BCUT2D eigenvalue weighted by Gasteiger charge is 2.24. The summed E-state index contributed by atoms with van der Waals surface area (Å²) in [5.41, 5.74) is 1.54. The van der Waals surface area contributed by atoms with E-state index in [9.17, 15) is 0 Å². The summed E-state index contributed by atoms with van der Waals surface area (Å²) in [4.78, 5) is 0. The zero-order valence-electron chi connectivity index (χ0n) is 11.9. The summed E-state index contributed by atoms with van der Waals surface area (Å²) >= 11 is 0. The zero-order valence-corrected chi connectivity index (χ0v) is 11.9. The first kappa shape index (κ1) is 13.1. The number of rotatable bonds is 2. The largest absolute Gasteiger partial charge is 0.242 e. The molecule has 0 bridgehead atoms. The minimum absolute atomic E-state index is 0.782. The second-order valence-electron chi connectivity index (χ2n) is 6.01. The molecule has 0 atom stereocenters. The molecule has 1 aromatic carbocycles. The Balaban J connectivity index is 1.54. The lowest BCUT2D eigenvalue weighted by Gasteiger charge is -2.39. The Morgan fingerprint density at radius 1 is 0.684 bits per heavy atom. The van der Waals surface area contributed by atoms with Crippen molar-refractivity contribution in [1.29, 1.82) is 0 Å². The lowest BCUT2D eigenvalue weighted by molar-refractivity contribution is -0.0403. The highest BCUT2D eigenvalue weighted by molar-refractivity contribution is 5.19. The molecule has 2 heteroatoms. The van der Waals surface area contributed by atoms with Gasteiger partial charge in [-0.15, -0.1) is 0 Å². The van der Waals surface area contributed by atoms with Gasteiger partial charge in [-0.1, -0.05) is 43.2 Å². The molecule has 0 N–H and O–H groups in total. The highest BCUT2D eigenvalue weighted by atomic mass is 15.6. The van der Waals surface area contributed by atoms with Gasteiger partial charge < -0.3 is 0 Å². The maximum atomic E-state index is 2.63. The van der Waals surface area contributed by atoms with Crippen molar-refractivity contribution in [3.05, 3.63) is 35.9 Å². The van der Waals surface area contributed by atoms with Crippen LogP contribution in [-0.2, 0) is 0 Å². The molecule has 2 saturated heterocycles. The molecular formula is C17H26N2. The lowest BCUT2D eigenvalue weighted by Crippen LogP contribution is -2.47. The number of hydrogen-bond donors (Lipinski definition) is 0. The molecule has 0 unspecified atom stereocenters. The second kappa shape index (κ2) is 6.53. The monoisotopic (exact) mass is 258 g/mol. The maximum Gasteiger partial charge on any atom is 0.0139 e. The van der Waals surface area contributed by atoms with Crippen LogP contribution in [0.2, 0.25) is 0 Å². The van der Waals surface area contributed by atoms with Gasteiger partial charge in [-0.2, -0.15) is 0 Å². The summed E-state index contributed by atoms with van der Waals surface area (Å²) < 4.78 is 0. The first-order valence-corrected chi connectivity index (χ1v) is 7.98. The number of hydrogen-bond acceptors (Lipinski definition) is 2. The van der Waals surface area contributed by atoms with Crippen LogP contribution in [-0.4, -0.2) is 36.2 Å². The van der Waals surface area contributed by atoms with Crippen LogP contribution >= 0.6 is 0 Å². The third-order valence-electron chi connectivity index (χ3n) is 4.72. The molecule has 104 valence electrons. The third kappa shape index (κ3) is 3.37. The second-order valence-corrected chi connectivity index (χ2v) is 6.01. The molecule has 0 spiro atoms. The van der Waals surface area contributed by atoms with E-state index >= 15 is 0 Å². The Hall–Kier alpha value is -0.860. The van der Waals surface area contributed by atoms with Crippen molar-refractivity contribution in [1.82, 2.24) is 10.0 Å². The fraction of sp³-hybridized carbons (Fsp3) is 0.647. The number of piperidine rings is 1. The van der Waals surface area contributed by atoms with E-state index in [-0.39, 0.29) is 0 Å². The first-order valence-electron chi connectivity index (χ1n) is 7.98. The summed E-state index contributed by atoms with van der Waals surface area (Å²) in [5.74, 6) is 0.782. The van der Waals surface area contributed by atoms with E-state index in [1.807, 2.05) is 0 Å². The van der Waals surface area contributed by atoms with E-state index in [4.69, 9.17) is 0 Å². The van der Waals surface area contributed by atoms with E-state index < -0.39 is 0 Å². The molecule has 0 aromatic heterocycles. The summed E-state index contributed by atoms with van der Waals surface area (Å²) in [7, 11) is 0. The lowest BCUT2D eigenvalue weighted by atomic mass is 9.90. The highest BCUT2D eigenvalue weighted by Crippen LogP contribution is 2.28. The van der Waals surface area contributed by atoms with Gasteiger partial charge in [-0.05, 0) is 37.2 Å². The van der Waals surface area contributed by atoms with Crippen molar-refractivity contribution >= 4 is 0 Å². The van der Waals surface area contributed by atoms with Gasteiger partial charge in [0.1, 0.15) is 0 Å². The average molecular weight is 258 g/mol. The van der Waals surface area contributed by atoms with Gasteiger partial charge in [0.05, 0.1) is 0 Å². The average Bonchev–Trinajstić information content (AvgIpc) is 2.77. The van der Waals surface area contributed by atoms with Crippen molar-refractivity contribution in [2.24, 2.45) is 0 Å². The van der Waals surface area contributed by atoms with Gasteiger partial charge >= 0.3 is 0 Å². The smallest absolute Gasteiger partial charge is 0.0139 e. The molecule has 2 fully saturated rings. The number of hydrazine groups is 1. The van der Waals surface area contributed by atoms with Gasteiger partial charge in [0, 0.05) is 26.2 Å². The summed E-state index contributed by atoms with van der Waals surface area (Å²) in [5, 5.41) is 5.26. The van der Waals surface area contributed by atoms with Gasteiger partial charge in [0.25, 0.3) is 0 Å². The zero-order chi connectivity index (χ0) is 12.9. The quantitative estimate of drug-likeness (QED) is 0.799. The van der Waals surface area contributed by atoms with E-state index in [0.29, 0.717) is 0 Å². The predicted octanol–water partition coefficient (Wildman–Crippen LogP) is 3.66. The summed E-state index contributed by atoms with van der Waals surface area (Å²) in [6.07, 6.45) is 8.27. The predicted molar refractivity (Wildman–Crippen MR) is 80.0 cm³/mol. The molecule has 0 radical (unpaired) electrons. The van der Waals surface area contributed by atoms with Crippen LogP contribution in [0.4, 0.5) is 0 Å². The Kier molecular flexibility index (Phi) is 4.52. The standard InChI is InChI=1S/C17H26N2/c1-2-7-13-18(12-6-1)19-14-10-17(11-15-19)16-8-4-3-5-9-16/h3-5,8-9,17H,1-2,6-7,10-15H2. The van der Waals surface area contributed by atoms with Crippen LogP contribution in [0.5, 0.6) is 0 Å². The number of benzene rings is 1. The third-order valence-corrected chi connectivity index (χ3v) is 4.72. The Labute approximate surface area is 117 Å². The van der Waals surface area contributed by atoms with Crippen LogP contribution in [0.25, 0.3) is 0 Å². The van der Waals surface area contributed by atoms with Gasteiger partial charge in [0.2, 0.25) is 0 Å². The normalized spacial score (nSPS) is 24.2. The molecule has 3 rings (SSSR count). The molecule has 0 saturated carbocycles. The van der Waals surface area contributed by atoms with Crippen molar-refractivity contribution in [2.45, 2.75) is 44.4 Å². The molecule has 1 aromatic rings. The van der Waals surface area contributed by atoms with Crippen molar-refractivity contribution in [3.63, 3.8) is 0 Å². The van der Waals surface area contributed by atoms with Crippen molar-refractivity contribution in [3.8, 4) is 0 Å². The first-order chi connectivity index (χ1) is 9.43. The van der Waals surface area contributed by atoms with E-state index in [2.05, 4.69) is 40.3 Å². The molecule has 19 heavy (non-hydrogen) atoms. The fourth-order valence-electron chi connectivity index (χ4n) is 3.54. The SMILES string of the molecule is c1ccc(C2CCN(N3CCCCCC3)CC2)cc1. The fourth-order valence-corrected chi connectivity index (χ4v) is 3.54. The van der Waals surface area contributed by atoms with Crippen LogP contribution in [0.3, 0.4) is 0 Å². The van der Waals surface area contributed by atoms with Crippen LogP contribution < -0.4 is 0 Å². The molecular weight excluding hydrogens is 232 g/mol. The minimum atomic E-state index is 0.782. The van der Waals surface area contributed by atoms with Crippen molar-refractivity contribution < 1.29 is 0 Å². The maximum absolute atomic E-state index is 2.63. The number of nitrogens with zero attached hydrogens (tertiary/aromatic N) is 2. The van der Waals surface area contributed by atoms with E-state index in [1.54, 1.807) is 0 Å².